The third kappa shape index (κ3) is 6.50. The topological polar surface area (TPSA) is 75.7 Å². The van der Waals surface area contributed by atoms with Gasteiger partial charge in [-0.3, -0.25) is 4.79 Å². The van der Waals surface area contributed by atoms with Crippen molar-refractivity contribution < 1.29 is 17.9 Å². The van der Waals surface area contributed by atoms with Crippen LogP contribution in [0.4, 0.5) is 0 Å². The monoisotopic (exact) mass is 396 g/mol. The normalized spacial score (nSPS) is 16.6. The largest absolute Gasteiger partial charge is 0.491 e. The Morgan fingerprint density at radius 2 is 1.67 bits per heavy atom. The fourth-order valence-corrected chi connectivity index (χ4v) is 4.43. The van der Waals surface area contributed by atoms with Gasteiger partial charge in [0.15, 0.2) is 0 Å². The zero-order valence-corrected chi connectivity index (χ0v) is 17.6. The molecule has 0 radical (unpaired) electrons. The van der Waals surface area contributed by atoms with Crippen molar-refractivity contribution >= 4 is 15.9 Å². The Morgan fingerprint density at radius 3 is 2.19 bits per heavy atom. The smallest absolute Gasteiger partial charge is 0.241 e. The number of nitrogens with one attached hydrogen (secondary N) is 1. The van der Waals surface area contributed by atoms with Crippen LogP contribution in [0.25, 0.3) is 0 Å². The van der Waals surface area contributed by atoms with E-state index in [0.29, 0.717) is 25.3 Å². The molecule has 27 heavy (non-hydrogen) atoms. The summed E-state index contributed by atoms with van der Waals surface area (Å²) < 4.78 is 33.8. The number of hydrogen-bond donors (Lipinski definition) is 1. The lowest BCUT2D eigenvalue weighted by atomic mass is 10.0. The van der Waals surface area contributed by atoms with Gasteiger partial charge < -0.3 is 9.64 Å². The van der Waals surface area contributed by atoms with Gasteiger partial charge in [-0.1, -0.05) is 13.8 Å². The lowest BCUT2D eigenvalue weighted by Gasteiger charge is -2.31. The second kappa shape index (κ2) is 9.55. The molecule has 1 atom stereocenters. The van der Waals surface area contributed by atoms with E-state index in [1.807, 2.05) is 27.7 Å². The van der Waals surface area contributed by atoms with Crippen molar-refractivity contribution in [3.63, 3.8) is 0 Å². The molecule has 1 amide bonds. The van der Waals surface area contributed by atoms with Crippen molar-refractivity contribution in [3.8, 4) is 5.75 Å². The van der Waals surface area contributed by atoms with E-state index in [2.05, 4.69) is 4.72 Å². The third-order valence-corrected chi connectivity index (χ3v) is 5.96. The summed E-state index contributed by atoms with van der Waals surface area (Å²) >= 11 is 0. The molecule has 1 saturated heterocycles. The molecule has 1 fully saturated rings. The summed E-state index contributed by atoms with van der Waals surface area (Å²) in [4.78, 5) is 14.8. The van der Waals surface area contributed by atoms with Crippen LogP contribution in [0, 0.1) is 5.92 Å². The van der Waals surface area contributed by atoms with Crippen molar-refractivity contribution in [1.82, 2.24) is 9.62 Å². The van der Waals surface area contributed by atoms with Gasteiger partial charge in [0.05, 0.1) is 11.0 Å². The van der Waals surface area contributed by atoms with Crippen LogP contribution in [0.2, 0.25) is 0 Å². The fourth-order valence-electron chi connectivity index (χ4n) is 3.23. The van der Waals surface area contributed by atoms with Crippen LogP contribution in [0.15, 0.2) is 29.2 Å². The average Bonchev–Trinajstić information content (AvgIpc) is 2.60. The van der Waals surface area contributed by atoms with Crippen LogP contribution in [0.5, 0.6) is 5.75 Å². The Bertz CT molecular complexity index is 708. The molecule has 2 rings (SSSR count). The van der Waals surface area contributed by atoms with Crippen molar-refractivity contribution in [2.75, 3.05) is 13.1 Å². The van der Waals surface area contributed by atoms with E-state index in [1.165, 1.54) is 12.1 Å². The molecule has 1 aliphatic heterocycles. The van der Waals surface area contributed by atoms with Crippen molar-refractivity contribution in [2.45, 2.75) is 70.4 Å². The highest BCUT2D eigenvalue weighted by atomic mass is 32.2. The van der Waals surface area contributed by atoms with E-state index in [-0.39, 0.29) is 22.8 Å². The Kier molecular flexibility index (Phi) is 7.68. The molecule has 1 N–H and O–H groups in total. The minimum absolute atomic E-state index is 0.0168. The molecule has 7 heteroatoms. The van der Waals surface area contributed by atoms with E-state index in [9.17, 15) is 13.2 Å². The zero-order chi connectivity index (χ0) is 20.0. The summed E-state index contributed by atoms with van der Waals surface area (Å²) in [6.45, 7) is 9.21. The average molecular weight is 397 g/mol. The number of ether oxygens (including phenoxy) is 1. The number of piperidine rings is 1. The lowest BCUT2D eigenvalue weighted by Crippen LogP contribution is -2.50. The molecule has 0 saturated carbocycles. The van der Waals surface area contributed by atoms with Gasteiger partial charge in [-0.15, -0.1) is 0 Å². The van der Waals surface area contributed by atoms with E-state index in [4.69, 9.17) is 4.74 Å². The molecule has 1 heterocycles. The van der Waals surface area contributed by atoms with E-state index >= 15 is 0 Å². The molecule has 0 aromatic heterocycles. The molecule has 0 spiro atoms. The Hall–Kier alpha value is -1.60. The number of nitrogens with zero attached hydrogens (tertiary/aromatic N) is 1. The number of benzene rings is 1. The summed E-state index contributed by atoms with van der Waals surface area (Å²) in [5.41, 5.74) is 0. The second-order valence-electron chi connectivity index (χ2n) is 7.83. The maximum Gasteiger partial charge on any atom is 0.241 e. The summed E-state index contributed by atoms with van der Waals surface area (Å²) in [5, 5.41) is 0. The number of likely N-dealkylation sites (tertiary alicyclic amines) is 1. The SMILES string of the molecule is CC(C)C[C@H](NS(=O)(=O)c1ccc(OC(C)C)cc1)C(=O)N1CCCCC1. The first-order valence-corrected chi connectivity index (χ1v) is 11.2. The predicted octanol–water partition coefficient (Wildman–Crippen LogP) is 3.18. The number of sulfonamides is 1. The van der Waals surface area contributed by atoms with Gasteiger partial charge in [0.2, 0.25) is 15.9 Å². The standard InChI is InChI=1S/C20H32N2O4S/c1-15(2)14-19(20(23)22-12-6-5-7-13-22)21-27(24,25)18-10-8-17(9-11-18)26-16(3)4/h8-11,15-16,19,21H,5-7,12-14H2,1-4H3/t19-/m0/s1. The van der Waals surface area contributed by atoms with E-state index in [1.54, 1.807) is 17.0 Å². The Labute approximate surface area is 163 Å². The molecule has 0 unspecified atom stereocenters. The Morgan fingerprint density at radius 1 is 1.07 bits per heavy atom. The molecule has 1 aromatic carbocycles. The molecule has 152 valence electrons. The van der Waals surface area contributed by atoms with Gasteiger partial charge >= 0.3 is 0 Å². The molecule has 6 nitrogen and oxygen atoms in total. The highest BCUT2D eigenvalue weighted by Crippen LogP contribution is 2.19. The van der Waals surface area contributed by atoms with Crippen LogP contribution < -0.4 is 9.46 Å². The van der Waals surface area contributed by atoms with Crippen molar-refractivity contribution in [2.24, 2.45) is 5.92 Å². The van der Waals surface area contributed by atoms with Gasteiger partial charge in [0, 0.05) is 13.1 Å². The third-order valence-electron chi connectivity index (χ3n) is 4.48. The van der Waals surface area contributed by atoms with Crippen LogP contribution in [-0.4, -0.2) is 44.5 Å². The lowest BCUT2D eigenvalue weighted by molar-refractivity contribution is -0.134. The molecule has 1 aliphatic rings. The number of amides is 1. The molecule has 1 aromatic rings. The minimum atomic E-state index is -3.79. The van der Waals surface area contributed by atoms with Gasteiger partial charge in [-0.2, -0.15) is 4.72 Å². The van der Waals surface area contributed by atoms with Gasteiger partial charge in [-0.05, 0) is 69.7 Å². The number of hydrogen-bond acceptors (Lipinski definition) is 4. The fraction of sp³-hybridized carbons (Fsp3) is 0.650. The first kappa shape index (κ1) is 21.7. The first-order chi connectivity index (χ1) is 12.7. The molecular weight excluding hydrogens is 364 g/mol. The molecule has 0 bridgehead atoms. The van der Waals surface area contributed by atoms with Crippen LogP contribution in [0.1, 0.15) is 53.4 Å². The molecular formula is C20H32N2O4S. The maximum atomic E-state index is 12.9. The Balaban J connectivity index is 2.15. The van der Waals surface area contributed by atoms with Crippen LogP contribution in [-0.2, 0) is 14.8 Å². The van der Waals surface area contributed by atoms with Gasteiger partial charge in [0.1, 0.15) is 11.8 Å². The van der Waals surface area contributed by atoms with Gasteiger partial charge in [-0.25, -0.2) is 8.42 Å². The van der Waals surface area contributed by atoms with Gasteiger partial charge in [0.25, 0.3) is 0 Å². The van der Waals surface area contributed by atoms with Crippen molar-refractivity contribution in [3.05, 3.63) is 24.3 Å². The first-order valence-electron chi connectivity index (χ1n) is 9.77. The van der Waals surface area contributed by atoms with Crippen LogP contribution >= 0.6 is 0 Å². The highest BCUT2D eigenvalue weighted by molar-refractivity contribution is 7.89. The maximum absolute atomic E-state index is 12.9. The van der Waals surface area contributed by atoms with E-state index < -0.39 is 16.1 Å². The number of carbonyl (C=O) groups excluding carboxylic acids is 1. The zero-order valence-electron chi connectivity index (χ0n) is 16.8. The van der Waals surface area contributed by atoms with Crippen molar-refractivity contribution in [1.29, 1.82) is 0 Å². The highest BCUT2D eigenvalue weighted by Gasteiger charge is 2.30. The summed E-state index contributed by atoms with van der Waals surface area (Å²) in [6, 6.07) is 5.56. The van der Waals surface area contributed by atoms with E-state index in [0.717, 1.165) is 19.3 Å². The summed E-state index contributed by atoms with van der Waals surface area (Å²) in [5.74, 6) is 0.701. The summed E-state index contributed by atoms with van der Waals surface area (Å²) in [7, 11) is -3.79. The summed E-state index contributed by atoms with van der Waals surface area (Å²) in [6.07, 6.45) is 3.57. The second-order valence-corrected chi connectivity index (χ2v) is 9.54. The number of carbonyl (C=O) groups is 1. The van der Waals surface area contributed by atoms with Crippen LogP contribution in [0.3, 0.4) is 0 Å². The quantitative estimate of drug-likeness (QED) is 0.732. The predicted molar refractivity (Wildman–Crippen MR) is 106 cm³/mol. The molecule has 0 aliphatic carbocycles. The minimum Gasteiger partial charge on any atom is -0.491 e. The number of rotatable bonds is 8.